The summed E-state index contributed by atoms with van der Waals surface area (Å²) < 4.78 is 58.1. The molecular formula is C57H70ClN6O7PS2. The van der Waals surface area contributed by atoms with Crippen molar-refractivity contribution in [2.75, 3.05) is 104 Å². The Labute approximate surface area is 446 Å². The van der Waals surface area contributed by atoms with E-state index in [1.165, 1.54) is 6.26 Å². The summed E-state index contributed by atoms with van der Waals surface area (Å²) in [7, 11) is -7.44. The summed E-state index contributed by atoms with van der Waals surface area (Å²) >= 11 is 8.09. The number of piperazine rings is 1. The van der Waals surface area contributed by atoms with Crippen LogP contribution in [0.3, 0.4) is 0 Å². The molecule has 3 fully saturated rings. The molecule has 17 heteroatoms. The van der Waals surface area contributed by atoms with Crippen molar-refractivity contribution in [2.45, 2.75) is 68.5 Å². The number of aromatic nitrogens is 1. The molecule has 0 bridgehead atoms. The molecule has 3 aliphatic rings. The Balaban J connectivity index is 0.892. The molecule has 5 aromatic carbocycles. The van der Waals surface area contributed by atoms with Gasteiger partial charge in [0.25, 0.3) is 0 Å². The molecule has 3 N–H and O–H groups in total. The highest BCUT2D eigenvalue weighted by atomic mass is 35.5. The number of benzene rings is 5. The molecule has 394 valence electrons. The number of ether oxygens (including phenoxy) is 1. The first-order chi connectivity index (χ1) is 35.7. The fourth-order valence-corrected chi connectivity index (χ4v) is 15.1. The van der Waals surface area contributed by atoms with E-state index in [9.17, 15) is 18.6 Å². The maximum Gasteiger partial charge on any atom is 0.326 e. The van der Waals surface area contributed by atoms with Gasteiger partial charge in [-0.15, -0.1) is 11.8 Å². The number of nitrogens with zero attached hydrogens (tertiary/aromatic N) is 5. The first kappa shape index (κ1) is 54.0. The average Bonchev–Trinajstić information content (AvgIpc) is 3.96. The van der Waals surface area contributed by atoms with Gasteiger partial charge in [-0.25, -0.2) is 8.42 Å². The summed E-state index contributed by atoms with van der Waals surface area (Å²) in [6.07, 6.45) is 3.95. The van der Waals surface area contributed by atoms with Crippen LogP contribution >= 0.6 is 30.9 Å². The lowest BCUT2D eigenvalue weighted by Gasteiger charge is -2.37. The van der Waals surface area contributed by atoms with Gasteiger partial charge in [-0.05, 0) is 149 Å². The van der Waals surface area contributed by atoms with Crippen molar-refractivity contribution >= 4 is 68.8 Å². The van der Waals surface area contributed by atoms with Gasteiger partial charge in [0.1, 0.15) is 6.79 Å². The maximum atomic E-state index is 15.1. The number of aliphatic hydroxyl groups excluding tert-OH is 2. The van der Waals surface area contributed by atoms with E-state index < -0.39 is 17.4 Å². The fourth-order valence-electron chi connectivity index (χ4n) is 10.8. The van der Waals surface area contributed by atoms with Gasteiger partial charge in [0.15, 0.2) is 9.84 Å². The number of hydrogen-bond acceptors (Lipinski definition) is 12. The number of halogens is 1. The van der Waals surface area contributed by atoms with Crippen LogP contribution in [0, 0.1) is 12.8 Å². The Morgan fingerprint density at radius 3 is 2.16 bits per heavy atom. The Morgan fingerprint density at radius 1 is 0.811 bits per heavy atom. The van der Waals surface area contributed by atoms with E-state index in [4.69, 9.17) is 20.9 Å². The van der Waals surface area contributed by atoms with Crippen molar-refractivity contribution in [1.29, 1.82) is 0 Å². The second kappa shape index (κ2) is 24.0. The molecule has 6 aromatic rings. The lowest BCUT2D eigenvalue weighted by Crippen LogP contribution is -2.46. The highest BCUT2D eigenvalue weighted by molar-refractivity contribution is 7.99. The zero-order valence-corrected chi connectivity index (χ0v) is 46.2. The van der Waals surface area contributed by atoms with E-state index in [2.05, 4.69) is 106 Å². The third kappa shape index (κ3) is 12.2. The maximum absolute atomic E-state index is 15.1. The Hall–Kier alpha value is -4.80. The highest BCUT2D eigenvalue weighted by Gasteiger charge is 2.40. The number of piperidine rings is 1. The van der Waals surface area contributed by atoms with Crippen LogP contribution in [0.15, 0.2) is 131 Å². The lowest BCUT2D eigenvalue weighted by molar-refractivity contribution is -0.0112. The monoisotopic (exact) mass is 1080 g/mol. The standard InChI is InChI=1S/C57H70ClN6O7PS2/c1-41(2)64-42(3)53(38-70-40-66)56(57(64)44-13-15-46(58)16-14-44)45-9-8-10-50(35-45)62-31-29-61(30-32-62)48-17-19-49(20-18-48)63-33-34-71-72(63,67)51-21-22-54(55(36-51)74(4,68)69)59-47(39-73-52-11-6-5-7-12-52)25-28-60-26-23-43(37-65)24-27-60/h5-22,35-36,41,43,47,59,65-66H,23-34,37-40H2,1-4H3/t47-,72+/m1/s1. The Bertz CT molecular complexity index is 3000. The van der Waals surface area contributed by atoms with Crippen LogP contribution in [0.2, 0.25) is 5.02 Å². The SMILES string of the molecule is Cc1c(COCO)c(-c2cccc(N3CCN(c4ccc(N5CCO[P@@]5(=O)c5ccc(N[C@H](CCN6CCC(CO)CC6)CSc6ccccc6)c(S(C)(=O)=O)c5)cc4)CC3)c2)c(-c2ccc(Cl)cc2)n1C(C)C. The van der Waals surface area contributed by atoms with E-state index in [0.29, 0.717) is 28.5 Å². The number of sulfone groups is 1. The second-order valence-electron chi connectivity index (χ2n) is 19.9. The summed E-state index contributed by atoms with van der Waals surface area (Å²) in [6, 6.07) is 40.2. The summed E-state index contributed by atoms with van der Waals surface area (Å²) in [4.78, 5) is 8.46. The highest BCUT2D eigenvalue weighted by Crippen LogP contribution is 2.56. The molecule has 0 unspecified atom stereocenters. The number of likely N-dealkylation sites (tertiary alicyclic amines) is 1. The molecule has 0 aliphatic carbocycles. The quantitative estimate of drug-likeness (QED) is 0.0380. The van der Waals surface area contributed by atoms with Crippen molar-refractivity contribution in [2.24, 2.45) is 5.92 Å². The molecule has 0 radical (unpaired) electrons. The molecule has 9 rings (SSSR count). The Kier molecular flexibility index (Phi) is 17.5. The predicted molar refractivity (Wildman–Crippen MR) is 304 cm³/mol. The fraction of sp³-hybridized carbons (Fsp3) is 0.404. The van der Waals surface area contributed by atoms with E-state index in [-0.39, 0.29) is 43.6 Å². The molecule has 1 aromatic heterocycles. The van der Waals surface area contributed by atoms with Gasteiger partial charge in [0.2, 0.25) is 0 Å². The van der Waals surface area contributed by atoms with E-state index in [1.54, 1.807) is 34.6 Å². The van der Waals surface area contributed by atoms with Gasteiger partial charge in [0.05, 0.1) is 41.3 Å². The predicted octanol–water partition coefficient (Wildman–Crippen LogP) is 10.6. The summed E-state index contributed by atoms with van der Waals surface area (Å²) in [5, 5.41) is 24.0. The molecule has 0 saturated carbocycles. The van der Waals surface area contributed by atoms with Crippen LogP contribution in [-0.4, -0.2) is 119 Å². The van der Waals surface area contributed by atoms with Crippen LogP contribution in [-0.2, 0) is 30.3 Å². The van der Waals surface area contributed by atoms with Crippen LogP contribution in [0.1, 0.15) is 50.4 Å². The van der Waals surface area contributed by atoms with Crippen molar-refractivity contribution in [3.63, 3.8) is 0 Å². The lowest BCUT2D eigenvalue weighted by atomic mass is 9.96. The number of hydrogen-bond donors (Lipinski definition) is 3. The Morgan fingerprint density at radius 2 is 1.50 bits per heavy atom. The number of aliphatic hydroxyl groups is 2. The van der Waals surface area contributed by atoms with Crippen molar-refractivity contribution in [3.8, 4) is 22.4 Å². The van der Waals surface area contributed by atoms with E-state index in [1.807, 2.05) is 42.5 Å². The van der Waals surface area contributed by atoms with E-state index >= 15 is 4.57 Å². The third-order valence-electron chi connectivity index (χ3n) is 14.7. The average molecular weight is 1080 g/mol. The number of thioether (sulfide) groups is 1. The van der Waals surface area contributed by atoms with Gasteiger partial charge in [-0.2, -0.15) is 0 Å². The topological polar surface area (TPSA) is 140 Å². The molecule has 13 nitrogen and oxygen atoms in total. The normalized spacial score (nSPS) is 18.4. The number of nitrogens with one attached hydrogen (secondary N) is 1. The third-order valence-corrected chi connectivity index (χ3v) is 19.8. The van der Waals surface area contributed by atoms with Crippen molar-refractivity contribution in [1.82, 2.24) is 9.47 Å². The number of anilines is 4. The molecule has 0 spiro atoms. The zero-order chi connectivity index (χ0) is 52.0. The van der Waals surface area contributed by atoms with Crippen LogP contribution in [0.25, 0.3) is 22.4 Å². The summed E-state index contributed by atoms with van der Waals surface area (Å²) in [5.74, 6) is 1.08. The molecule has 2 atom stereocenters. The molecule has 0 amide bonds. The smallest absolute Gasteiger partial charge is 0.326 e. The second-order valence-corrected chi connectivity index (χ2v) is 25.7. The van der Waals surface area contributed by atoms with Crippen LogP contribution in [0.5, 0.6) is 0 Å². The van der Waals surface area contributed by atoms with Crippen molar-refractivity contribution < 1.29 is 32.5 Å². The van der Waals surface area contributed by atoms with Crippen molar-refractivity contribution in [3.05, 3.63) is 138 Å². The molecular weight excluding hydrogens is 1010 g/mol. The van der Waals surface area contributed by atoms with Gasteiger partial charge in [-0.1, -0.05) is 54.1 Å². The molecule has 3 aliphatic heterocycles. The summed E-state index contributed by atoms with van der Waals surface area (Å²) in [6.45, 7) is 13.2. The van der Waals surface area contributed by atoms with Gasteiger partial charge >= 0.3 is 7.52 Å². The van der Waals surface area contributed by atoms with Crippen LogP contribution in [0.4, 0.5) is 22.7 Å². The minimum Gasteiger partial charge on any atom is -0.396 e. The van der Waals surface area contributed by atoms with Gasteiger partial charge in [0, 0.05) is 107 Å². The number of rotatable bonds is 20. The minimum atomic E-state index is -3.75. The van der Waals surface area contributed by atoms with Gasteiger partial charge < -0.3 is 44.1 Å². The first-order valence-electron chi connectivity index (χ1n) is 25.8. The first-order valence-corrected chi connectivity index (χ1v) is 30.6. The molecule has 4 heterocycles. The molecule has 3 saturated heterocycles. The van der Waals surface area contributed by atoms with Crippen LogP contribution < -0.4 is 25.1 Å². The molecule has 74 heavy (non-hydrogen) atoms. The van der Waals surface area contributed by atoms with Gasteiger partial charge in [-0.3, -0.25) is 9.24 Å². The zero-order valence-electron chi connectivity index (χ0n) is 42.9. The van der Waals surface area contributed by atoms with E-state index in [0.717, 1.165) is 126 Å². The summed E-state index contributed by atoms with van der Waals surface area (Å²) in [5.41, 5.74) is 9.87. The minimum absolute atomic E-state index is 0.0505. The largest absolute Gasteiger partial charge is 0.396 e.